The number of sulfonamides is 2. The second kappa shape index (κ2) is 10.0. The van der Waals surface area contributed by atoms with Gasteiger partial charge in [-0.3, -0.25) is 4.79 Å². The Morgan fingerprint density at radius 1 is 1.09 bits per heavy atom. The second-order valence-corrected chi connectivity index (χ2v) is 11.1. The maximum absolute atomic E-state index is 13.2. The lowest BCUT2D eigenvalue weighted by atomic mass is 9.96. The number of nitrogens with one attached hydrogen (secondary N) is 1. The molecule has 1 amide bonds. The Labute approximate surface area is 192 Å². The van der Waals surface area contributed by atoms with Crippen LogP contribution in [0.3, 0.4) is 0 Å². The molecule has 1 aromatic carbocycles. The maximum Gasteiger partial charge on any atom is 0.374 e. The molecule has 3 N–H and O–H groups in total. The van der Waals surface area contributed by atoms with Crippen molar-refractivity contribution in [1.82, 2.24) is 4.31 Å². The van der Waals surface area contributed by atoms with Crippen LogP contribution in [0.4, 0.5) is 5.69 Å². The number of nitrogens with two attached hydrogens (primary N) is 1. The van der Waals surface area contributed by atoms with Crippen molar-refractivity contribution in [2.24, 2.45) is 5.14 Å². The van der Waals surface area contributed by atoms with E-state index < -0.39 is 49.4 Å². The highest BCUT2D eigenvalue weighted by atomic mass is 32.2. The van der Waals surface area contributed by atoms with Gasteiger partial charge in [-0.05, 0) is 37.1 Å². The number of hydrogen-bond donors (Lipinski definition) is 2. The number of carbonyl (C=O) groups is 2. The third-order valence-electron chi connectivity index (χ3n) is 5.30. The first-order valence-corrected chi connectivity index (χ1v) is 13.2. The molecule has 13 heteroatoms. The van der Waals surface area contributed by atoms with Gasteiger partial charge in [-0.1, -0.05) is 31.4 Å². The molecule has 33 heavy (non-hydrogen) atoms. The lowest BCUT2D eigenvalue weighted by Crippen LogP contribution is -2.38. The summed E-state index contributed by atoms with van der Waals surface area (Å²) in [6, 6.07) is 7.87. The molecule has 1 fully saturated rings. The summed E-state index contributed by atoms with van der Waals surface area (Å²) in [6.07, 6.45) is 4.56. The third-order valence-corrected chi connectivity index (χ3v) is 8.05. The Morgan fingerprint density at radius 2 is 1.76 bits per heavy atom. The van der Waals surface area contributed by atoms with Gasteiger partial charge in [0.25, 0.3) is 15.9 Å². The highest BCUT2D eigenvalue weighted by molar-refractivity contribution is 7.89. The zero-order valence-corrected chi connectivity index (χ0v) is 19.5. The second-order valence-electron chi connectivity index (χ2n) is 7.60. The Balaban J connectivity index is 1.67. The van der Waals surface area contributed by atoms with Gasteiger partial charge < -0.3 is 14.5 Å². The standard InChI is InChI=1S/C20H25N3O8S2/c1-23(14-7-3-2-4-8-14)33(28,29)17-10-6-5-9-15(17)22-18(24)13-30-20(25)16-11-12-19(31-16)32(21,26)27/h5-6,9-12,14H,2-4,7-8,13H2,1H3,(H,22,24)(H2,21,26,27). The van der Waals surface area contributed by atoms with Gasteiger partial charge in [-0.15, -0.1) is 0 Å². The van der Waals surface area contributed by atoms with Gasteiger partial charge in [0.1, 0.15) is 4.90 Å². The van der Waals surface area contributed by atoms with Crippen LogP contribution in [-0.4, -0.2) is 52.7 Å². The molecule has 180 valence electrons. The largest absolute Gasteiger partial charge is 0.450 e. The fourth-order valence-corrected chi connectivity index (χ4v) is 5.59. The molecule has 1 saturated carbocycles. The lowest BCUT2D eigenvalue weighted by molar-refractivity contribution is -0.119. The van der Waals surface area contributed by atoms with E-state index in [-0.39, 0.29) is 16.6 Å². The molecule has 1 aromatic heterocycles. The number of benzene rings is 1. The van der Waals surface area contributed by atoms with Crippen molar-refractivity contribution in [1.29, 1.82) is 0 Å². The Hall–Kier alpha value is -2.74. The van der Waals surface area contributed by atoms with Crippen LogP contribution in [0.5, 0.6) is 0 Å². The van der Waals surface area contributed by atoms with Gasteiger partial charge in [0.15, 0.2) is 6.61 Å². The number of carbonyl (C=O) groups excluding carboxylic acids is 2. The molecule has 0 radical (unpaired) electrons. The summed E-state index contributed by atoms with van der Waals surface area (Å²) < 4.78 is 59.8. The SMILES string of the molecule is CN(C1CCCCC1)S(=O)(=O)c1ccccc1NC(=O)COC(=O)c1ccc(S(N)(=O)=O)o1. The van der Waals surface area contributed by atoms with Gasteiger partial charge in [0, 0.05) is 13.1 Å². The normalized spacial score (nSPS) is 15.4. The van der Waals surface area contributed by atoms with Crippen molar-refractivity contribution in [3.8, 4) is 0 Å². The number of ether oxygens (including phenoxy) is 1. The number of anilines is 1. The summed E-state index contributed by atoms with van der Waals surface area (Å²) in [4.78, 5) is 24.3. The van der Waals surface area contributed by atoms with Crippen LogP contribution in [0.1, 0.15) is 42.7 Å². The van der Waals surface area contributed by atoms with Crippen molar-refractivity contribution >= 4 is 37.6 Å². The molecule has 0 unspecified atom stereocenters. The number of nitrogens with zero attached hydrogens (tertiary/aromatic N) is 1. The molecule has 1 aliphatic rings. The topological polar surface area (TPSA) is 166 Å². The van der Waals surface area contributed by atoms with Gasteiger partial charge in [-0.2, -0.15) is 4.31 Å². The van der Waals surface area contributed by atoms with Gasteiger partial charge in [0.05, 0.1) is 5.69 Å². The molecular formula is C20H25N3O8S2. The summed E-state index contributed by atoms with van der Waals surface area (Å²) >= 11 is 0. The molecular weight excluding hydrogens is 474 g/mol. The number of primary sulfonamides is 1. The minimum atomic E-state index is -4.14. The minimum absolute atomic E-state index is 0.0516. The molecule has 1 aliphatic carbocycles. The van der Waals surface area contributed by atoms with E-state index >= 15 is 0 Å². The number of amides is 1. The maximum atomic E-state index is 13.2. The lowest BCUT2D eigenvalue weighted by Gasteiger charge is -2.30. The molecule has 0 aliphatic heterocycles. The Bertz CT molecular complexity index is 1230. The summed E-state index contributed by atoms with van der Waals surface area (Å²) in [5.41, 5.74) is 0.0516. The van der Waals surface area contributed by atoms with Crippen LogP contribution in [0.25, 0.3) is 0 Å². The predicted octanol–water partition coefficient (Wildman–Crippen LogP) is 1.68. The summed E-state index contributed by atoms with van der Waals surface area (Å²) in [7, 11) is -6.48. The van der Waals surface area contributed by atoms with Gasteiger partial charge in [-0.25, -0.2) is 26.8 Å². The fraction of sp³-hybridized carbons (Fsp3) is 0.400. The van der Waals surface area contributed by atoms with Crippen LogP contribution in [-0.2, 0) is 29.6 Å². The van der Waals surface area contributed by atoms with E-state index in [4.69, 9.17) is 14.3 Å². The van der Waals surface area contributed by atoms with Gasteiger partial charge in [0.2, 0.25) is 20.9 Å². The first kappa shape index (κ1) is 24.9. The van der Waals surface area contributed by atoms with Crippen molar-refractivity contribution in [3.63, 3.8) is 0 Å². The number of esters is 1. The number of rotatable bonds is 8. The van der Waals surface area contributed by atoms with Crippen LogP contribution >= 0.6 is 0 Å². The zero-order chi connectivity index (χ0) is 24.2. The molecule has 1 heterocycles. The van der Waals surface area contributed by atoms with Crippen molar-refractivity contribution in [2.45, 2.75) is 48.1 Å². The smallest absolute Gasteiger partial charge is 0.374 e. The molecule has 0 bridgehead atoms. The van der Waals surface area contributed by atoms with Crippen LogP contribution < -0.4 is 10.5 Å². The van der Waals surface area contributed by atoms with Crippen molar-refractivity contribution < 1.29 is 35.6 Å². The molecule has 0 atom stereocenters. The van der Waals surface area contributed by atoms with E-state index in [1.54, 1.807) is 12.1 Å². The van der Waals surface area contributed by atoms with E-state index in [9.17, 15) is 26.4 Å². The number of furan rings is 1. The Kier molecular flexibility index (Phi) is 7.57. The van der Waals surface area contributed by atoms with Crippen molar-refractivity contribution in [3.05, 3.63) is 42.2 Å². The number of hydrogen-bond acceptors (Lipinski definition) is 8. The van der Waals surface area contributed by atoms with Crippen LogP contribution in [0.2, 0.25) is 0 Å². The fourth-order valence-electron chi connectivity index (χ4n) is 3.56. The van der Waals surface area contributed by atoms with Crippen molar-refractivity contribution in [2.75, 3.05) is 19.0 Å². The van der Waals surface area contributed by atoms with Crippen LogP contribution in [0.15, 0.2) is 50.8 Å². The molecule has 3 rings (SSSR count). The van der Waals surface area contributed by atoms with E-state index in [0.29, 0.717) is 0 Å². The molecule has 2 aromatic rings. The highest BCUT2D eigenvalue weighted by Crippen LogP contribution is 2.29. The quantitative estimate of drug-likeness (QED) is 0.517. The minimum Gasteiger partial charge on any atom is -0.450 e. The summed E-state index contributed by atoms with van der Waals surface area (Å²) in [5.74, 6) is -2.33. The van der Waals surface area contributed by atoms with Crippen LogP contribution in [0, 0.1) is 0 Å². The average molecular weight is 500 g/mol. The van der Waals surface area contributed by atoms with Gasteiger partial charge >= 0.3 is 5.97 Å². The summed E-state index contributed by atoms with van der Waals surface area (Å²) in [5, 5.41) is 6.72. The van der Waals surface area contributed by atoms with E-state index in [1.165, 1.54) is 23.5 Å². The monoisotopic (exact) mass is 499 g/mol. The first-order chi connectivity index (χ1) is 15.5. The summed E-state index contributed by atoms with van der Waals surface area (Å²) in [6.45, 7) is -0.753. The Morgan fingerprint density at radius 3 is 2.39 bits per heavy atom. The van der Waals surface area contributed by atoms with E-state index in [1.807, 2.05) is 0 Å². The molecule has 0 spiro atoms. The zero-order valence-electron chi connectivity index (χ0n) is 17.9. The van der Waals surface area contributed by atoms with E-state index in [2.05, 4.69) is 5.32 Å². The molecule has 0 saturated heterocycles. The molecule has 11 nitrogen and oxygen atoms in total. The number of para-hydroxylation sites is 1. The highest BCUT2D eigenvalue weighted by Gasteiger charge is 2.31. The third kappa shape index (κ3) is 5.99. The first-order valence-electron chi connectivity index (χ1n) is 10.2. The van der Waals surface area contributed by atoms with E-state index in [0.717, 1.165) is 44.2 Å². The predicted molar refractivity (Wildman–Crippen MR) is 117 cm³/mol. The average Bonchev–Trinajstić information content (AvgIpc) is 3.29.